The molecule has 10 heteroatoms. The van der Waals surface area contributed by atoms with Crippen molar-refractivity contribution in [3.63, 3.8) is 0 Å². The average Bonchev–Trinajstić information content (AvgIpc) is 2.99. The summed E-state index contributed by atoms with van der Waals surface area (Å²) in [5, 5.41) is 10.00. The molecular formula is C21H24FN4O4S+. The van der Waals surface area contributed by atoms with Gasteiger partial charge in [-0.15, -0.1) is 0 Å². The lowest BCUT2D eigenvalue weighted by Crippen LogP contribution is -2.49. The van der Waals surface area contributed by atoms with E-state index in [-0.39, 0.29) is 22.8 Å². The van der Waals surface area contributed by atoms with Crippen LogP contribution in [0.3, 0.4) is 0 Å². The number of nitrogens with zero attached hydrogens (tertiary/aromatic N) is 3. The first-order chi connectivity index (χ1) is 14.6. The fourth-order valence-corrected chi connectivity index (χ4v) is 4.35. The first kappa shape index (κ1) is 22.6. The van der Waals surface area contributed by atoms with Crippen molar-refractivity contribution in [2.24, 2.45) is 0 Å². The van der Waals surface area contributed by atoms with Crippen molar-refractivity contribution in [3.05, 3.63) is 59.8 Å². The largest absolute Gasteiger partial charge is 0.478 e. The van der Waals surface area contributed by atoms with Gasteiger partial charge in [0, 0.05) is 60.3 Å². The highest BCUT2D eigenvalue weighted by Crippen LogP contribution is 2.36. The van der Waals surface area contributed by atoms with Crippen LogP contribution in [0.15, 0.2) is 53.5 Å². The van der Waals surface area contributed by atoms with Gasteiger partial charge in [0.2, 0.25) is 10.0 Å². The Morgan fingerprint density at radius 2 is 2.00 bits per heavy atom. The lowest BCUT2D eigenvalue weighted by atomic mass is 10.0. The molecule has 0 aliphatic rings. The molecule has 0 atom stereocenters. The molecule has 1 aromatic carbocycles. The van der Waals surface area contributed by atoms with Gasteiger partial charge in [0.25, 0.3) is 0 Å². The van der Waals surface area contributed by atoms with E-state index in [9.17, 15) is 22.7 Å². The topological polar surface area (TPSA) is 120 Å². The Labute approximate surface area is 179 Å². The Bertz CT molecular complexity index is 1300. The second-order valence-electron chi connectivity index (χ2n) is 7.22. The van der Waals surface area contributed by atoms with Gasteiger partial charge < -0.3 is 15.4 Å². The summed E-state index contributed by atoms with van der Waals surface area (Å²) in [5.74, 6) is -1.46. The van der Waals surface area contributed by atoms with Gasteiger partial charge in [-0.05, 0) is 31.2 Å². The van der Waals surface area contributed by atoms with E-state index in [2.05, 4.69) is 10.7 Å². The molecule has 0 saturated carbocycles. The number of hydrogen-bond donors (Lipinski definition) is 2. The van der Waals surface area contributed by atoms with E-state index in [0.717, 1.165) is 4.31 Å². The maximum atomic E-state index is 14.3. The first-order valence-electron chi connectivity index (χ1n) is 9.45. The van der Waals surface area contributed by atoms with E-state index < -0.39 is 16.0 Å². The van der Waals surface area contributed by atoms with Gasteiger partial charge in [0.15, 0.2) is 0 Å². The summed E-state index contributed by atoms with van der Waals surface area (Å²) in [7, 11) is -0.868. The molecule has 164 valence electrons. The summed E-state index contributed by atoms with van der Waals surface area (Å²) in [6, 6.07) is 6.08. The second kappa shape index (κ2) is 8.58. The molecule has 0 bridgehead atoms. The molecule has 0 aliphatic carbocycles. The van der Waals surface area contributed by atoms with E-state index in [4.69, 9.17) is 0 Å². The maximum Gasteiger partial charge on any atom is 0.335 e. The molecule has 2 heterocycles. The van der Waals surface area contributed by atoms with Gasteiger partial charge >= 0.3 is 5.97 Å². The quantitative estimate of drug-likeness (QED) is 0.574. The number of carboxylic acids is 1. The number of aromatic nitrogens is 2. The number of quaternary nitrogens is 1. The van der Waals surface area contributed by atoms with E-state index in [0.29, 0.717) is 34.3 Å². The molecule has 0 radical (unpaired) electrons. The molecule has 3 rings (SSSR count). The number of fused-ring (bicyclic) bond motifs is 1. The number of halogens is 1. The molecule has 0 aliphatic heterocycles. The van der Waals surface area contributed by atoms with Crippen LogP contribution in [0.5, 0.6) is 0 Å². The predicted molar refractivity (Wildman–Crippen MR) is 115 cm³/mol. The van der Waals surface area contributed by atoms with Crippen molar-refractivity contribution >= 4 is 26.9 Å². The summed E-state index contributed by atoms with van der Waals surface area (Å²) in [5.41, 5.74) is 6.08. The lowest BCUT2D eigenvalue weighted by Gasteiger charge is -2.12. The molecule has 0 spiro atoms. The number of benzene rings is 1. The van der Waals surface area contributed by atoms with Crippen molar-refractivity contribution in [1.82, 2.24) is 13.9 Å². The van der Waals surface area contributed by atoms with Crippen LogP contribution in [-0.2, 0) is 16.6 Å². The molecule has 0 unspecified atom stereocenters. The number of rotatable bonds is 7. The molecule has 0 fully saturated rings. The van der Waals surface area contributed by atoms with Gasteiger partial charge in [-0.2, -0.15) is 0 Å². The fraction of sp³-hybridized carbons (Fsp3) is 0.238. The number of carbonyl (C=O) groups is 1. The normalized spacial score (nSPS) is 12.6. The summed E-state index contributed by atoms with van der Waals surface area (Å²) in [6.07, 6.45) is 4.14. The Kier molecular flexibility index (Phi) is 6.25. The Balaban J connectivity index is 2.32. The zero-order valence-corrected chi connectivity index (χ0v) is 18.3. The third-order valence-corrected chi connectivity index (χ3v) is 6.81. The zero-order valence-electron chi connectivity index (χ0n) is 17.5. The van der Waals surface area contributed by atoms with Gasteiger partial charge in [0.1, 0.15) is 10.7 Å². The highest BCUT2D eigenvalue weighted by Gasteiger charge is 2.22. The SMILES string of the molecule is Cc1c(-c2cncc(S(=O)(=O)N(C)C)c2)c2cc(C(=O)O)ccc2n1C/C(F)=C/C[NH3+]. The van der Waals surface area contributed by atoms with Crippen LogP contribution in [0.2, 0.25) is 0 Å². The molecule has 3 aromatic rings. The Morgan fingerprint density at radius 1 is 1.29 bits per heavy atom. The highest BCUT2D eigenvalue weighted by molar-refractivity contribution is 7.89. The molecule has 8 nitrogen and oxygen atoms in total. The zero-order chi connectivity index (χ0) is 22.9. The van der Waals surface area contributed by atoms with Crippen LogP contribution in [0.25, 0.3) is 22.0 Å². The van der Waals surface area contributed by atoms with E-state index in [1.165, 1.54) is 50.8 Å². The molecular weight excluding hydrogens is 423 g/mol. The molecule has 2 aromatic heterocycles. The van der Waals surface area contributed by atoms with Crippen molar-refractivity contribution < 1.29 is 28.4 Å². The summed E-state index contributed by atoms with van der Waals surface area (Å²) in [4.78, 5) is 15.6. The molecule has 0 saturated heterocycles. The van der Waals surface area contributed by atoms with Gasteiger partial charge in [-0.1, -0.05) is 0 Å². The smallest absolute Gasteiger partial charge is 0.335 e. The van der Waals surface area contributed by atoms with Crippen molar-refractivity contribution in [2.45, 2.75) is 18.4 Å². The minimum Gasteiger partial charge on any atom is -0.478 e. The van der Waals surface area contributed by atoms with Crippen LogP contribution in [-0.4, -0.2) is 54.0 Å². The first-order valence-corrected chi connectivity index (χ1v) is 10.9. The molecule has 4 N–H and O–H groups in total. The monoisotopic (exact) mass is 447 g/mol. The van der Waals surface area contributed by atoms with Crippen molar-refractivity contribution in [1.29, 1.82) is 0 Å². The van der Waals surface area contributed by atoms with Crippen LogP contribution in [0.4, 0.5) is 4.39 Å². The molecule has 31 heavy (non-hydrogen) atoms. The fourth-order valence-electron chi connectivity index (χ4n) is 3.46. The van der Waals surface area contributed by atoms with Gasteiger partial charge in [0.05, 0.1) is 18.7 Å². The molecule has 0 amide bonds. The minimum absolute atomic E-state index is 0.00724. The van der Waals surface area contributed by atoms with Crippen LogP contribution < -0.4 is 5.73 Å². The highest BCUT2D eigenvalue weighted by atomic mass is 32.2. The lowest BCUT2D eigenvalue weighted by molar-refractivity contribution is -0.353. The van der Waals surface area contributed by atoms with Crippen molar-refractivity contribution in [2.75, 3.05) is 20.6 Å². The van der Waals surface area contributed by atoms with Gasteiger partial charge in [-0.3, -0.25) is 4.98 Å². The van der Waals surface area contributed by atoms with Crippen LogP contribution in [0, 0.1) is 6.92 Å². The van der Waals surface area contributed by atoms with Crippen LogP contribution in [0.1, 0.15) is 16.1 Å². The minimum atomic E-state index is -3.72. The number of hydrogen-bond acceptors (Lipinski definition) is 4. The predicted octanol–water partition coefficient (Wildman–Crippen LogP) is 2.06. The van der Waals surface area contributed by atoms with Crippen molar-refractivity contribution in [3.8, 4) is 11.1 Å². The number of allylic oxidation sites excluding steroid dienone is 1. The standard InChI is InChI=1S/C21H23FN4O4S/c1-13-20(15-8-17(11-24-10-15)31(29,30)25(2)3)18-9-14(21(27)28)4-5-19(18)26(13)12-16(22)6-7-23/h4-6,8-11H,7,12,23H2,1-3H3,(H,27,28)/p+1/b16-6-. The average molecular weight is 448 g/mol. The van der Waals surface area contributed by atoms with E-state index in [1.54, 1.807) is 17.6 Å². The third kappa shape index (κ3) is 4.22. The van der Waals surface area contributed by atoms with Crippen LogP contribution >= 0.6 is 0 Å². The summed E-state index contributed by atoms with van der Waals surface area (Å²) >= 11 is 0. The number of aromatic carboxylic acids is 1. The Hall–Kier alpha value is -3.08. The number of pyridine rings is 1. The number of carboxylic acid groups (broad SMARTS) is 1. The summed E-state index contributed by atoms with van der Waals surface area (Å²) < 4.78 is 42.3. The van der Waals surface area contributed by atoms with E-state index in [1.807, 2.05) is 0 Å². The maximum absolute atomic E-state index is 14.3. The number of sulfonamides is 1. The van der Waals surface area contributed by atoms with E-state index >= 15 is 0 Å². The second-order valence-corrected chi connectivity index (χ2v) is 9.37. The Morgan fingerprint density at radius 3 is 2.61 bits per heavy atom. The summed E-state index contributed by atoms with van der Waals surface area (Å²) in [6.45, 7) is 2.03. The third-order valence-electron chi connectivity index (χ3n) is 5.03. The van der Waals surface area contributed by atoms with Gasteiger partial charge in [-0.25, -0.2) is 21.9 Å².